The summed E-state index contributed by atoms with van der Waals surface area (Å²) in [5.41, 5.74) is 0. The van der Waals surface area contributed by atoms with E-state index in [9.17, 15) is 9.59 Å². The van der Waals surface area contributed by atoms with Crippen LogP contribution in [0.25, 0.3) is 0 Å². The highest BCUT2D eigenvalue weighted by molar-refractivity contribution is 6.31. The van der Waals surface area contributed by atoms with Gasteiger partial charge in [0.15, 0.2) is 0 Å². The molecule has 0 aromatic carbocycles. The van der Waals surface area contributed by atoms with E-state index in [0.717, 1.165) is 25.7 Å². The second kappa shape index (κ2) is 6.84. The maximum atomic E-state index is 11.6. The van der Waals surface area contributed by atoms with Crippen molar-refractivity contribution in [2.45, 2.75) is 57.4 Å². The number of imide groups is 1. The third-order valence-corrected chi connectivity index (χ3v) is 3.55. The quantitative estimate of drug-likeness (QED) is 0.766. The van der Waals surface area contributed by atoms with Gasteiger partial charge in [-0.3, -0.25) is 10.1 Å². The van der Waals surface area contributed by atoms with Gasteiger partial charge in [0.1, 0.15) is 5.38 Å². The van der Waals surface area contributed by atoms with Crippen LogP contribution in [0.1, 0.15) is 46.0 Å². The molecule has 0 saturated heterocycles. The lowest BCUT2D eigenvalue weighted by atomic mass is 9.83. The lowest BCUT2D eigenvalue weighted by Gasteiger charge is -2.31. The molecular formula is C12H21ClN2O2. The molecule has 3 atom stereocenters. The Hall–Kier alpha value is -0.770. The molecule has 3 amide bonds. The number of halogens is 1. The van der Waals surface area contributed by atoms with Crippen molar-refractivity contribution in [3.8, 4) is 0 Å². The number of rotatable bonds is 3. The van der Waals surface area contributed by atoms with Crippen molar-refractivity contribution < 1.29 is 9.59 Å². The van der Waals surface area contributed by atoms with Crippen LogP contribution in [-0.4, -0.2) is 23.4 Å². The Morgan fingerprint density at radius 3 is 2.59 bits per heavy atom. The molecule has 0 aromatic heterocycles. The zero-order chi connectivity index (χ0) is 12.8. The molecule has 0 spiro atoms. The molecule has 1 rings (SSSR count). The molecule has 0 radical (unpaired) electrons. The van der Waals surface area contributed by atoms with Crippen molar-refractivity contribution in [1.29, 1.82) is 0 Å². The minimum Gasteiger partial charge on any atom is -0.335 e. The molecule has 1 aliphatic carbocycles. The van der Waals surface area contributed by atoms with Crippen LogP contribution < -0.4 is 10.6 Å². The number of alkyl halides is 1. The fourth-order valence-electron chi connectivity index (χ4n) is 2.30. The van der Waals surface area contributed by atoms with Gasteiger partial charge in [-0.05, 0) is 25.7 Å². The monoisotopic (exact) mass is 260 g/mol. The van der Waals surface area contributed by atoms with E-state index in [1.54, 1.807) is 6.92 Å². The standard InChI is InChI=1S/C12H21ClN2O2/c1-3-9-6-4-5-7-10(9)14-12(17)15-11(16)8(2)13/h8-10H,3-7H2,1-2H3,(H2,14,15,16,17). The molecule has 1 fully saturated rings. The number of nitrogens with one attached hydrogen (secondary N) is 2. The van der Waals surface area contributed by atoms with E-state index in [1.165, 1.54) is 6.42 Å². The number of urea groups is 1. The molecule has 3 unspecified atom stereocenters. The van der Waals surface area contributed by atoms with Gasteiger partial charge in [0, 0.05) is 6.04 Å². The van der Waals surface area contributed by atoms with Crippen molar-refractivity contribution in [2.24, 2.45) is 5.92 Å². The number of hydrogen-bond acceptors (Lipinski definition) is 2. The first-order valence-electron chi connectivity index (χ1n) is 6.30. The molecule has 17 heavy (non-hydrogen) atoms. The Labute approximate surface area is 107 Å². The van der Waals surface area contributed by atoms with Crippen LogP contribution in [0.15, 0.2) is 0 Å². The zero-order valence-electron chi connectivity index (χ0n) is 10.5. The van der Waals surface area contributed by atoms with E-state index in [2.05, 4.69) is 17.6 Å². The van der Waals surface area contributed by atoms with E-state index in [4.69, 9.17) is 11.6 Å². The van der Waals surface area contributed by atoms with Gasteiger partial charge in [0.05, 0.1) is 0 Å². The molecule has 5 heteroatoms. The molecular weight excluding hydrogens is 240 g/mol. The van der Waals surface area contributed by atoms with E-state index >= 15 is 0 Å². The molecule has 1 saturated carbocycles. The SMILES string of the molecule is CCC1CCCCC1NC(=O)NC(=O)C(C)Cl. The van der Waals surface area contributed by atoms with Gasteiger partial charge in [-0.25, -0.2) is 4.79 Å². The second-order valence-corrected chi connectivity index (χ2v) is 5.29. The van der Waals surface area contributed by atoms with Gasteiger partial charge < -0.3 is 5.32 Å². The second-order valence-electron chi connectivity index (χ2n) is 4.64. The first kappa shape index (κ1) is 14.3. The van der Waals surface area contributed by atoms with Crippen molar-refractivity contribution >= 4 is 23.5 Å². The van der Waals surface area contributed by atoms with Crippen LogP contribution in [0.4, 0.5) is 4.79 Å². The Morgan fingerprint density at radius 2 is 2.00 bits per heavy atom. The van der Waals surface area contributed by atoms with Crippen LogP contribution in [0.5, 0.6) is 0 Å². The third kappa shape index (κ3) is 4.54. The fraction of sp³-hybridized carbons (Fsp3) is 0.833. The van der Waals surface area contributed by atoms with Gasteiger partial charge in [-0.2, -0.15) is 0 Å². The summed E-state index contributed by atoms with van der Waals surface area (Å²) in [5, 5.41) is 4.44. The summed E-state index contributed by atoms with van der Waals surface area (Å²) in [5.74, 6) is 0.0750. The maximum Gasteiger partial charge on any atom is 0.321 e. The van der Waals surface area contributed by atoms with Crippen molar-refractivity contribution in [3.05, 3.63) is 0 Å². The zero-order valence-corrected chi connectivity index (χ0v) is 11.2. The summed E-state index contributed by atoms with van der Waals surface area (Å²) in [6.45, 7) is 3.67. The van der Waals surface area contributed by atoms with Gasteiger partial charge in [-0.15, -0.1) is 11.6 Å². The van der Waals surface area contributed by atoms with Crippen molar-refractivity contribution in [1.82, 2.24) is 10.6 Å². The Bertz CT molecular complexity index is 282. The van der Waals surface area contributed by atoms with E-state index < -0.39 is 17.3 Å². The highest BCUT2D eigenvalue weighted by atomic mass is 35.5. The summed E-state index contributed by atoms with van der Waals surface area (Å²) in [4.78, 5) is 22.8. The molecule has 4 nitrogen and oxygen atoms in total. The molecule has 2 N–H and O–H groups in total. The highest BCUT2D eigenvalue weighted by Gasteiger charge is 2.25. The molecule has 0 bridgehead atoms. The summed E-state index contributed by atoms with van der Waals surface area (Å²) >= 11 is 5.58. The van der Waals surface area contributed by atoms with Crippen LogP contribution in [-0.2, 0) is 4.79 Å². The number of amides is 3. The predicted octanol–water partition coefficient (Wildman–Crippen LogP) is 2.41. The number of carbonyl (C=O) groups is 2. The maximum absolute atomic E-state index is 11.6. The lowest BCUT2D eigenvalue weighted by Crippen LogP contribution is -2.49. The van der Waals surface area contributed by atoms with Crippen LogP contribution in [0.3, 0.4) is 0 Å². The first-order chi connectivity index (χ1) is 8.04. The van der Waals surface area contributed by atoms with Crippen molar-refractivity contribution in [2.75, 3.05) is 0 Å². The average Bonchev–Trinajstić information content (AvgIpc) is 2.29. The van der Waals surface area contributed by atoms with Crippen LogP contribution >= 0.6 is 11.6 Å². The molecule has 98 valence electrons. The predicted molar refractivity (Wildman–Crippen MR) is 68.0 cm³/mol. The molecule has 0 aromatic rings. The van der Waals surface area contributed by atoms with Gasteiger partial charge >= 0.3 is 6.03 Å². The van der Waals surface area contributed by atoms with E-state index in [0.29, 0.717) is 5.92 Å². The topological polar surface area (TPSA) is 58.2 Å². The van der Waals surface area contributed by atoms with Gasteiger partial charge in [0.2, 0.25) is 5.91 Å². The highest BCUT2D eigenvalue weighted by Crippen LogP contribution is 2.26. The minimum atomic E-state index is -0.686. The number of carbonyl (C=O) groups excluding carboxylic acids is 2. The van der Waals surface area contributed by atoms with Crippen LogP contribution in [0.2, 0.25) is 0 Å². The van der Waals surface area contributed by atoms with E-state index in [1.807, 2.05) is 0 Å². The van der Waals surface area contributed by atoms with Crippen LogP contribution in [0, 0.1) is 5.92 Å². The number of hydrogen-bond donors (Lipinski definition) is 2. The fourth-order valence-corrected chi connectivity index (χ4v) is 2.36. The normalized spacial score (nSPS) is 26.1. The molecule has 0 heterocycles. The van der Waals surface area contributed by atoms with Gasteiger partial charge in [0.25, 0.3) is 0 Å². The molecule has 0 aliphatic heterocycles. The Balaban J connectivity index is 2.41. The molecule has 1 aliphatic rings. The summed E-state index contributed by atoms with van der Waals surface area (Å²) in [7, 11) is 0. The lowest BCUT2D eigenvalue weighted by molar-refractivity contribution is -0.119. The Morgan fingerprint density at radius 1 is 1.35 bits per heavy atom. The summed E-state index contributed by atoms with van der Waals surface area (Å²) in [6, 6.07) is -0.236. The summed E-state index contributed by atoms with van der Waals surface area (Å²) in [6.07, 6.45) is 5.58. The largest absolute Gasteiger partial charge is 0.335 e. The Kier molecular flexibility index (Phi) is 5.75. The van der Waals surface area contributed by atoms with E-state index in [-0.39, 0.29) is 6.04 Å². The average molecular weight is 261 g/mol. The summed E-state index contributed by atoms with van der Waals surface area (Å²) < 4.78 is 0. The van der Waals surface area contributed by atoms with Gasteiger partial charge in [-0.1, -0.05) is 26.2 Å². The smallest absolute Gasteiger partial charge is 0.321 e. The first-order valence-corrected chi connectivity index (χ1v) is 6.73. The third-order valence-electron chi connectivity index (χ3n) is 3.35. The van der Waals surface area contributed by atoms with Crippen molar-refractivity contribution in [3.63, 3.8) is 0 Å². The minimum absolute atomic E-state index is 0.187.